The number of Topliss-reactive ketones (excluding diaryl/α,β-unsaturated/α-hetero) is 1. The predicted molar refractivity (Wildman–Crippen MR) is 171 cm³/mol. The molecule has 3 N–H and O–H groups in total. The smallest absolute Gasteiger partial charge is 0.239 e. The Morgan fingerprint density at radius 2 is 1.74 bits per heavy atom. The minimum atomic E-state index is -0.393. The molecule has 0 radical (unpaired) electrons. The molecule has 1 aliphatic heterocycles. The maximum Gasteiger partial charge on any atom is 0.239 e. The van der Waals surface area contributed by atoms with E-state index in [4.69, 9.17) is 0 Å². The van der Waals surface area contributed by atoms with E-state index >= 15 is 0 Å². The summed E-state index contributed by atoms with van der Waals surface area (Å²) in [6, 6.07) is 24.2. The first-order valence-electron chi connectivity index (χ1n) is 14.7. The molecule has 216 valence electrons. The van der Waals surface area contributed by atoms with E-state index in [1.54, 1.807) is 0 Å². The molecule has 0 bridgehead atoms. The minimum absolute atomic E-state index is 0.0767. The number of aromatic amines is 1. The van der Waals surface area contributed by atoms with Crippen molar-refractivity contribution in [3.05, 3.63) is 101 Å². The highest BCUT2D eigenvalue weighted by Crippen LogP contribution is 2.48. The molecule has 1 atom stereocenters. The lowest BCUT2D eigenvalue weighted by atomic mass is 9.73. The molecule has 7 heteroatoms. The Morgan fingerprint density at radius 1 is 1.00 bits per heavy atom. The third-order valence-corrected chi connectivity index (χ3v) is 8.43. The van der Waals surface area contributed by atoms with Crippen molar-refractivity contribution in [1.29, 1.82) is 0 Å². The van der Waals surface area contributed by atoms with Gasteiger partial charge in [-0.1, -0.05) is 56.3 Å². The first-order valence-corrected chi connectivity index (χ1v) is 14.7. The quantitative estimate of drug-likeness (QED) is 0.250. The number of ketones is 1. The van der Waals surface area contributed by atoms with Crippen molar-refractivity contribution in [3.63, 3.8) is 0 Å². The molecule has 4 aromatic rings. The molecule has 0 fully saturated rings. The van der Waals surface area contributed by atoms with Gasteiger partial charge in [0.15, 0.2) is 5.78 Å². The van der Waals surface area contributed by atoms with Gasteiger partial charge in [0.05, 0.1) is 24.0 Å². The van der Waals surface area contributed by atoms with Crippen LogP contribution in [-0.2, 0) is 16.0 Å². The Morgan fingerprint density at radius 3 is 2.52 bits per heavy atom. The number of hydrogen-bond donors (Lipinski definition) is 3. The number of carbonyl (C=O) groups excluding carboxylic acids is 2. The van der Waals surface area contributed by atoms with E-state index in [2.05, 4.69) is 75.7 Å². The van der Waals surface area contributed by atoms with E-state index in [-0.39, 0.29) is 23.7 Å². The van der Waals surface area contributed by atoms with E-state index in [0.717, 1.165) is 52.3 Å². The summed E-state index contributed by atoms with van der Waals surface area (Å²) in [6.45, 7) is 4.94. The lowest BCUT2D eigenvalue weighted by Gasteiger charge is -2.38. The number of carbonyl (C=O) groups is 2. The van der Waals surface area contributed by atoms with Gasteiger partial charge < -0.3 is 25.4 Å². The van der Waals surface area contributed by atoms with Crippen molar-refractivity contribution < 1.29 is 9.59 Å². The Bertz CT molecular complexity index is 1660. The molecule has 7 nitrogen and oxygen atoms in total. The van der Waals surface area contributed by atoms with Gasteiger partial charge in [0.25, 0.3) is 0 Å². The number of para-hydroxylation sites is 3. The fraction of sp³-hybridized carbons (Fsp3) is 0.314. The summed E-state index contributed by atoms with van der Waals surface area (Å²) in [4.78, 5) is 35.0. The van der Waals surface area contributed by atoms with E-state index in [0.29, 0.717) is 13.0 Å². The maximum absolute atomic E-state index is 13.9. The molecule has 0 spiro atoms. The van der Waals surface area contributed by atoms with Crippen molar-refractivity contribution in [1.82, 2.24) is 10.3 Å². The third kappa shape index (κ3) is 5.39. The van der Waals surface area contributed by atoms with Gasteiger partial charge in [-0.3, -0.25) is 9.59 Å². The van der Waals surface area contributed by atoms with Crippen molar-refractivity contribution in [3.8, 4) is 0 Å². The summed E-state index contributed by atoms with van der Waals surface area (Å²) in [5.74, 6) is 0.0557. The summed E-state index contributed by atoms with van der Waals surface area (Å²) in [7, 11) is 4.03. The summed E-state index contributed by atoms with van der Waals surface area (Å²) in [5.41, 5.74) is 7.73. The third-order valence-electron chi connectivity index (χ3n) is 8.43. The topological polar surface area (TPSA) is 80.5 Å². The number of aromatic nitrogens is 1. The number of fused-ring (bicyclic) bond motifs is 2. The number of H-pyrrole nitrogens is 1. The van der Waals surface area contributed by atoms with Crippen LogP contribution in [-0.4, -0.2) is 43.9 Å². The van der Waals surface area contributed by atoms with E-state index in [1.165, 1.54) is 10.9 Å². The molecule has 1 amide bonds. The zero-order valence-electron chi connectivity index (χ0n) is 24.8. The zero-order chi connectivity index (χ0) is 29.4. The van der Waals surface area contributed by atoms with Crippen LogP contribution >= 0.6 is 0 Å². The highest BCUT2D eigenvalue weighted by Gasteiger charge is 2.41. The number of hydrogen-bond acceptors (Lipinski definition) is 5. The Balaban J connectivity index is 1.34. The number of anilines is 3. The fourth-order valence-corrected chi connectivity index (χ4v) is 6.41. The van der Waals surface area contributed by atoms with Crippen LogP contribution in [0.25, 0.3) is 10.9 Å². The van der Waals surface area contributed by atoms with Gasteiger partial charge in [0.1, 0.15) is 0 Å². The molecule has 42 heavy (non-hydrogen) atoms. The molecular formula is C35H39N5O2. The number of amides is 1. The van der Waals surface area contributed by atoms with Crippen LogP contribution in [0.1, 0.15) is 43.9 Å². The van der Waals surface area contributed by atoms with Crippen LogP contribution in [0, 0.1) is 5.41 Å². The average molecular weight is 562 g/mol. The number of allylic oxidation sites excluding steroid dienone is 1. The first kappa shape index (κ1) is 27.6. The number of benzene rings is 3. The van der Waals surface area contributed by atoms with Crippen LogP contribution in [0.2, 0.25) is 0 Å². The van der Waals surface area contributed by atoms with Gasteiger partial charge >= 0.3 is 0 Å². The normalized spacial score (nSPS) is 17.8. The number of nitrogens with zero attached hydrogens (tertiary/aromatic N) is 2. The molecule has 2 heterocycles. The zero-order valence-corrected chi connectivity index (χ0v) is 24.8. The van der Waals surface area contributed by atoms with Crippen molar-refractivity contribution in [2.75, 3.05) is 42.3 Å². The molecule has 2 aliphatic rings. The molecular weight excluding hydrogens is 522 g/mol. The Kier molecular flexibility index (Phi) is 7.27. The van der Waals surface area contributed by atoms with Crippen LogP contribution in [0.3, 0.4) is 0 Å². The summed E-state index contributed by atoms with van der Waals surface area (Å²) in [6.07, 6.45) is 3.98. The van der Waals surface area contributed by atoms with Crippen LogP contribution in [0.15, 0.2) is 90.3 Å². The molecule has 0 saturated heterocycles. The molecule has 1 unspecified atom stereocenters. The minimum Gasteiger partial charge on any atom is -0.378 e. The van der Waals surface area contributed by atoms with Crippen molar-refractivity contribution >= 4 is 39.7 Å². The SMILES string of the molecule is CN(C)c1ccc(C2C3=C(CC(C)(C)CC3=O)Nc3ccccc3N2CC(=O)NCCc2c[nH]c3ccccc23)cc1. The first-order chi connectivity index (χ1) is 20.2. The largest absolute Gasteiger partial charge is 0.378 e. The second kappa shape index (κ2) is 11.0. The van der Waals surface area contributed by atoms with E-state index < -0.39 is 6.04 Å². The second-order valence-electron chi connectivity index (χ2n) is 12.5. The lowest BCUT2D eigenvalue weighted by molar-refractivity contribution is -0.120. The van der Waals surface area contributed by atoms with Gasteiger partial charge in [-0.25, -0.2) is 0 Å². The van der Waals surface area contributed by atoms with Gasteiger partial charge in [-0.15, -0.1) is 0 Å². The monoisotopic (exact) mass is 561 g/mol. The summed E-state index contributed by atoms with van der Waals surface area (Å²) in [5, 5.41) is 7.97. The highest BCUT2D eigenvalue weighted by atomic mass is 16.2. The van der Waals surface area contributed by atoms with Crippen molar-refractivity contribution in [2.24, 2.45) is 5.41 Å². The van der Waals surface area contributed by atoms with Crippen LogP contribution in [0.5, 0.6) is 0 Å². The summed E-state index contributed by atoms with van der Waals surface area (Å²) >= 11 is 0. The summed E-state index contributed by atoms with van der Waals surface area (Å²) < 4.78 is 0. The average Bonchev–Trinajstić information content (AvgIpc) is 3.31. The van der Waals surface area contributed by atoms with Gasteiger partial charge in [-0.05, 0) is 59.7 Å². The molecule has 1 aliphatic carbocycles. The Labute approximate surface area is 247 Å². The van der Waals surface area contributed by atoms with Gasteiger partial charge in [-0.2, -0.15) is 0 Å². The lowest BCUT2D eigenvalue weighted by Crippen LogP contribution is -2.42. The molecule has 3 aromatic carbocycles. The van der Waals surface area contributed by atoms with Crippen LogP contribution in [0.4, 0.5) is 17.1 Å². The molecule has 1 aromatic heterocycles. The van der Waals surface area contributed by atoms with Gasteiger partial charge in [0.2, 0.25) is 5.91 Å². The van der Waals surface area contributed by atoms with Crippen molar-refractivity contribution in [2.45, 2.75) is 39.2 Å². The van der Waals surface area contributed by atoms with E-state index in [1.807, 2.05) is 56.7 Å². The molecule has 0 saturated carbocycles. The second-order valence-corrected chi connectivity index (χ2v) is 12.5. The predicted octanol–water partition coefficient (Wildman–Crippen LogP) is 6.21. The number of rotatable bonds is 7. The van der Waals surface area contributed by atoms with Crippen LogP contribution < -0.4 is 20.4 Å². The number of nitrogens with one attached hydrogen (secondary N) is 3. The van der Waals surface area contributed by atoms with Gasteiger partial charge in [0, 0.05) is 61.1 Å². The fourth-order valence-electron chi connectivity index (χ4n) is 6.41. The standard InChI is InChI=1S/C35H39N5O2/c1-35(2)19-29-33(31(41)20-35)34(23-13-15-25(16-14-23)39(3)4)40(30-12-8-7-11-28(30)38-29)22-32(42)36-18-17-24-21-37-27-10-6-5-9-26(24)27/h5-16,21,34,37-38H,17-20,22H2,1-4H3,(H,36,42). The highest BCUT2D eigenvalue weighted by molar-refractivity contribution is 6.02. The molecule has 6 rings (SSSR count). The maximum atomic E-state index is 13.9. The Hall–Kier alpha value is -4.52. The van der Waals surface area contributed by atoms with E-state index in [9.17, 15) is 9.59 Å².